The highest BCUT2D eigenvalue weighted by atomic mass is 19.3. The third kappa shape index (κ3) is 5.39. The maximum Gasteiger partial charge on any atom is 0.287 e. The minimum atomic E-state index is -2.89. The minimum absolute atomic E-state index is 0.0212. The fourth-order valence-electron chi connectivity index (χ4n) is 5.15. The van der Waals surface area contributed by atoms with E-state index in [9.17, 15) is 18.4 Å². The number of halogens is 2. The Kier molecular flexibility index (Phi) is 6.52. The number of nitrogens with zero attached hydrogens (tertiary/aromatic N) is 3. The summed E-state index contributed by atoms with van der Waals surface area (Å²) in [5.74, 6) is -3.48. The molecule has 0 unspecified atom stereocenters. The summed E-state index contributed by atoms with van der Waals surface area (Å²) >= 11 is 0. The van der Waals surface area contributed by atoms with Crippen molar-refractivity contribution in [2.24, 2.45) is 5.73 Å². The van der Waals surface area contributed by atoms with Crippen LogP contribution < -0.4 is 21.1 Å². The molecule has 0 saturated heterocycles. The number of hydrogen-bond acceptors (Lipinski definition) is 7. The molecule has 2 fully saturated rings. The third-order valence-electron chi connectivity index (χ3n) is 7.78. The monoisotopic (exact) mass is 564 g/mol. The zero-order chi connectivity index (χ0) is 28.8. The number of alkyl halides is 2. The van der Waals surface area contributed by atoms with Crippen molar-refractivity contribution in [1.29, 1.82) is 0 Å². The normalized spacial score (nSPS) is 18.5. The van der Waals surface area contributed by atoms with Crippen LogP contribution in [0.2, 0.25) is 0 Å². The summed E-state index contributed by atoms with van der Waals surface area (Å²) in [5.41, 5.74) is 6.59. The number of furan rings is 1. The molecule has 12 heteroatoms. The summed E-state index contributed by atoms with van der Waals surface area (Å²) in [4.78, 5) is 30.5. The van der Waals surface area contributed by atoms with Gasteiger partial charge in [0.05, 0.1) is 12.3 Å². The van der Waals surface area contributed by atoms with Gasteiger partial charge in [-0.3, -0.25) is 9.59 Å². The average molecular weight is 565 g/mol. The van der Waals surface area contributed by atoms with Gasteiger partial charge in [-0.05, 0) is 68.0 Å². The lowest BCUT2D eigenvalue weighted by atomic mass is 9.78. The molecule has 0 spiro atoms. The summed E-state index contributed by atoms with van der Waals surface area (Å²) in [6.45, 7) is 2.36. The van der Waals surface area contributed by atoms with Crippen molar-refractivity contribution in [1.82, 2.24) is 25.4 Å². The van der Waals surface area contributed by atoms with Crippen LogP contribution in [-0.4, -0.2) is 50.3 Å². The van der Waals surface area contributed by atoms with E-state index in [1.807, 2.05) is 37.3 Å². The van der Waals surface area contributed by atoms with E-state index in [1.54, 1.807) is 23.1 Å². The largest absolute Gasteiger partial charge is 0.492 e. The SMILES string of the molecule is CCOc1cc(-c2ccc3cc(C(=O)NC4(C(=O)NC5(N)CC5)CCC(F)(F)CC4)oc3c2)ccc1-n1cncn1. The predicted octanol–water partition coefficient (Wildman–Crippen LogP) is 4.32. The molecular weight excluding hydrogens is 534 g/mol. The quantitative estimate of drug-likeness (QED) is 0.271. The van der Waals surface area contributed by atoms with E-state index in [4.69, 9.17) is 14.9 Å². The summed E-state index contributed by atoms with van der Waals surface area (Å²) < 4.78 is 41.4. The first-order chi connectivity index (χ1) is 19.6. The summed E-state index contributed by atoms with van der Waals surface area (Å²) in [7, 11) is 0. The molecule has 2 aliphatic carbocycles. The highest BCUT2D eigenvalue weighted by Crippen LogP contribution is 2.40. The number of rotatable bonds is 8. The first kappa shape index (κ1) is 26.9. The number of ether oxygens (including phenoxy) is 1. The predicted molar refractivity (Wildman–Crippen MR) is 146 cm³/mol. The molecule has 214 valence electrons. The Morgan fingerprint density at radius 2 is 1.76 bits per heavy atom. The number of aromatic nitrogens is 3. The topological polar surface area (TPSA) is 137 Å². The molecular formula is C29H30F2N6O4. The van der Waals surface area contributed by atoms with Crippen LogP contribution in [-0.2, 0) is 4.79 Å². The molecule has 6 rings (SSSR count). The lowest BCUT2D eigenvalue weighted by Gasteiger charge is -2.39. The molecule has 10 nitrogen and oxygen atoms in total. The molecule has 2 aromatic heterocycles. The molecule has 2 aromatic carbocycles. The van der Waals surface area contributed by atoms with Gasteiger partial charge >= 0.3 is 0 Å². The second-order valence-corrected chi connectivity index (χ2v) is 10.8. The number of nitrogens with one attached hydrogen (secondary N) is 2. The van der Waals surface area contributed by atoms with Crippen LogP contribution in [0.15, 0.2) is 59.5 Å². The standard InChI is InChI=1S/C29H30F2N6O4/c1-2-40-23-14-19(5-6-21(23)37-17-33-16-34-37)18-3-4-20-15-24(41-22(20)13-18)25(38)35-27(7-9-28(30,31)10-8-27)26(39)36-29(32)11-12-29/h3-6,13-17H,2,7-12,32H2,1H3,(H,35,38)(H,36,39). The smallest absolute Gasteiger partial charge is 0.287 e. The minimum Gasteiger partial charge on any atom is -0.492 e. The van der Waals surface area contributed by atoms with E-state index in [2.05, 4.69) is 20.7 Å². The number of fused-ring (bicyclic) bond motifs is 1. The van der Waals surface area contributed by atoms with Gasteiger partial charge in [-0.2, -0.15) is 5.10 Å². The van der Waals surface area contributed by atoms with E-state index in [1.165, 1.54) is 6.33 Å². The van der Waals surface area contributed by atoms with Gasteiger partial charge in [-0.25, -0.2) is 18.4 Å². The fourth-order valence-corrected chi connectivity index (χ4v) is 5.15. The molecule has 0 radical (unpaired) electrons. The van der Waals surface area contributed by atoms with Crippen LogP contribution >= 0.6 is 0 Å². The zero-order valence-electron chi connectivity index (χ0n) is 22.5. The van der Waals surface area contributed by atoms with Crippen molar-refractivity contribution in [2.45, 2.75) is 62.6 Å². The molecule has 2 heterocycles. The van der Waals surface area contributed by atoms with Crippen LogP contribution in [0.3, 0.4) is 0 Å². The van der Waals surface area contributed by atoms with E-state index in [0.29, 0.717) is 36.2 Å². The van der Waals surface area contributed by atoms with Gasteiger partial charge < -0.3 is 25.5 Å². The first-order valence-corrected chi connectivity index (χ1v) is 13.6. The second-order valence-electron chi connectivity index (χ2n) is 10.8. The number of amides is 2. The Hall–Kier alpha value is -4.32. The molecule has 41 heavy (non-hydrogen) atoms. The van der Waals surface area contributed by atoms with Crippen LogP contribution in [0.1, 0.15) is 56.0 Å². The first-order valence-electron chi connectivity index (χ1n) is 13.6. The Labute approximate surface area is 234 Å². The van der Waals surface area contributed by atoms with Crippen molar-refractivity contribution in [2.75, 3.05) is 6.61 Å². The number of benzene rings is 2. The van der Waals surface area contributed by atoms with E-state index >= 15 is 0 Å². The van der Waals surface area contributed by atoms with Crippen molar-refractivity contribution >= 4 is 22.8 Å². The molecule has 0 aliphatic heterocycles. The van der Waals surface area contributed by atoms with Crippen molar-refractivity contribution in [3.8, 4) is 22.6 Å². The molecule has 0 atom stereocenters. The molecule has 2 saturated carbocycles. The third-order valence-corrected chi connectivity index (χ3v) is 7.78. The second kappa shape index (κ2) is 9.95. The molecule has 0 bridgehead atoms. The van der Waals surface area contributed by atoms with Crippen LogP contribution in [0.25, 0.3) is 27.8 Å². The Morgan fingerprint density at radius 3 is 2.44 bits per heavy atom. The van der Waals surface area contributed by atoms with Gasteiger partial charge in [0, 0.05) is 18.2 Å². The van der Waals surface area contributed by atoms with Crippen LogP contribution in [0.4, 0.5) is 8.78 Å². The van der Waals surface area contributed by atoms with Crippen molar-refractivity contribution < 1.29 is 27.5 Å². The fraction of sp³-hybridized carbons (Fsp3) is 0.379. The molecule has 4 N–H and O–H groups in total. The number of carbonyl (C=O) groups is 2. The van der Waals surface area contributed by atoms with Crippen LogP contribution in [0.5, 0.6) is 5.75 Å². The van der Waals surface area contributed by atoms with Crippen molar-refractivity contribution in [3.05, 3.63) is 60.9 Å². The van der Waals surface area contributed by atoms with E-state index in [0.717, 1.165) is 16.8 Å². The highest BCUT2D eigenvalue weighted by Gasteiger charge is 2.52. The molecule has 4 aromatic rings. The maximum atomic E-state index is 14.0. The summed E-state index contributed by atoms with van der Waals surface area (Å²) in [6, 6.07) is 12.8. The Bertz CT molecular complexity index is 1600. The highest BCUT2D eigenvalue weighted by molar-refractivity contribution is 6.00. The lowest BCUT2D eigenvalue weighted by molar-refractivity contribution is -0.134. The molecule has 2 aliphatic rings. The molecule has 2 amide bonds. The number of carbonyl (C=O) groups excluding carboxylic acids is 2. The van der Waals surface area contributed by atoms with Gasteiger partial charge in [0.2, 0.25) is 11.8 Å². The van der Waals surface area contributed by atoms with E-state index in [-0.39, 0.29) is 18.6 Å². The maximum absolute atomic E-state index is 14.0. The zero-order valence-corrected chi connectivity index (χ0v) is 22.5. The van der Waals surface area contributed by atoms with Crippen molar-refractivity contribution in [3.63, 3.8) is 0 Å². The van der Waals surface area contributed by atoms with Gasteiger partial charge in [-0.1, -0.05) is 18.2 Å². The Morgan fingerprint density at radius 1 is 1.02 bits per heavy atom. The van der Waals surface area contributed by atoms with Gasteiger partial charge in [-0.15, -0.1) is 0 Å². The lowest BCUT2D eigenvalue weighted by Crippen LogP contribution is -2.64. The number of hydrogen-bond donors (Lipinski definition) is 3. The average Bonchev–Trinajstić information content (AvgIpc) is 3.33. The summed E-state index contributed by atoms with van der Waals surface area (Å²) in [5, 5.41) is 10.3. The van der Waals surface area contributed by atoms with Crippen LogP contribution in [0, 0.1) is 0 Å². The Balaban J connectivity index is 1.26. The van der Waals surface area contributed by atoms with Gasteiger partial charge in [0.25, 0.3) is 5.91 Å². The van der Waals surface area contributed by atoms with Gasteiger partial charge in [0.15, 0.2) is 5.76 Å². The summed E-state index contributed by atoms with van der Waals surface area (Å²) in [6.07, 6.45) is 2.80. The van der Waals surface area contributed by atoms with Gasteiger partial charge in [0.1, 0.15) is 35.2 Å². The van der Waals surface area contributed by atoms with E-state index < -0.39 is 41.8 Å². The number of nitrogens with two attached hydrogens (primary N) is 1.